The SMILES string of the molecule is C[Si](O)(O)CCCCC#N. The second-order valence-corrected chi connectivity index (χ2v) is 5.52. The standard InChI is InChI=1S/C6H13NO2Si/c1-10(8,9)6-4-2-3-5-7/h8-9H,2-4,6H2,1H3. The van der Waals surface area contributed by atoms with E-state index in [9.17, 15) is 0 Å². The molecule has 0 aliphatic rings. The van der Waals surface area contributed by atoms with Crippen LogP contribution in [0.2, 0.25) is 12.6 Å². The van der Waals surface area contributed by atoms with Gasteiger partial charge in [-0.05, 0) is 19.0 Å². The third-order valence-corrected chi connectivity index (χ3v) is 2.49. The monoisotopic (exact) mass is 159 g/mol. The van der Waals surface area contributed by atoms with Gasteiger partial charge in [-0.2, -0.15) is 5.26 Å². The summed E-state index contributed by atoms with van der Waals surface area (Å²) in [6.07, 6.45) is 2.05. The molecule has 0 aromatic heterocycles. The molecule has 0 radical (unpaired) electrons. The van der Waals surface area contributed by atoms with Crippen molar-refractivity contribution in [1.82, 2.24) is 0 Å². The van der Waals surface area contributed by atoms with E-state index in [1.165, 1.54) is 6.55 Å². The second kappa shape index (κ2) is 4.44. The summed E-state index contributed by atoms with van der Waals surface area (Å²) in [6.45, 7) is 1.49. The molecule has 0 aliphatic heterocycles. The minimum Gasteiger partial charge on any atom is -0.411 e. The van der Waals surface area contributed by atoms with Crippen LogP contribution in [0, 0.1) is 11.3 Å². The van der Waals surface area contributed by atoms with Gasteiger partial charge in [0.05, 0.1) is 6.07 Å². The smallest absolute Gasteiger partial charge is 0.329 e. The zero-order valence-corrected chi connectivity index (χ0v) is 7.17. The Bertz CT molecular complexity index is 125. The maximum atomic E-state index is 8.93. The summed E-state index contributed by atoms with van der Waals surface area (Å²) in [7, 11) is -2.82. The summed E-state index contributed by atoms with van der Waals surface area (Å²) >= 11 is 0. The highest BCUT2D eigenvalue weighted by molar-refractivity contribution is 6.63. The normalized spacial score (nSPS) is 11.0. The third kappa shape index (κ3) is 7.63. The van der Waals surface area contributed by atoms with Gasteiger partial charge in [0.15, 0.2) is 0 Å². The van der Waals surface area contributed by atoms with Crippen LogP contribution >= 0.6 is 0 Å². The number of unbranched alkanes of at least 4 members (excludes halogenated alkanes) is 2. The van der Waals surface area contributed by atoms with E-state index in [4.69, 9.17) is 14.9 Å². The maximum absolute atomic E-state index is 8.93. The lowest BCUT2D eigenvalue weighted by Crippen LogP contribution is -2.29. The summed E-state index contributed by atoms with van der Waals surface area (Å²) < 4.78 is 0. The third-order valence-electron chi connectivity index (χ3n) is 1.19. The molecule has 4 heteroatoms. The Morgan fingerprint density at radius 1 is 1.40 bits per heavy atom. The van der Waals surface area contributed by atoms with Crippen molar-refractivity contribution in [2.45, 2.75) is 31.9 Å². The minimum absolute atomic E-state index is 0.481. The van der Waals surface area contributed by atoms with E-state index in [0.717, 1.165) is 12.8 Å². The molecule has 0 atom stereocenters. The van der Waals surface area contributed by atoms with Crippen molar-refractivity contribution in [1.29, 1.82) is 5.26 Å². The first-order valence-corrected chi connectivity index (χ1v) is 5.98. The predicted molar refractivity (Wildman–Crippen MR) is 40.3 cm³/mol. The van der Waals surface area contributed by atoms with Crippen LogP contribution in [0.4, 0.5) is 0 Å². The van der Waals surface area contributed by atoms with Crippen molar-refractivity contribution in [3.63, 3.8) is 0 Å². The van der Waals surface area contributed by atoms with Crippen molar-refractivity contribution < 1.29 is 9.59 Å². The van der Waals surface area contributed by atoms with E-state index >= 15 is 0 Å². The van der Waals surface area contributed by atoms with Crippen LogP contribution in [-0.2, 0) is 0 Å². The molecule has 0 spiro atoms. The molecule has 0 saturated heterocycles. The van der Waals surface area contributed by atoms with Crippen molar-refractivity contribution in [3.8, 4) is 6.07 Å². The van der Waals surface area contributed by atoms with E-state index in [1.54, 1.807) is 0 Å². The summed E-state index contributed by atoms with van der Waals surface area (Å²) in [5.74, 6) is 0. The van der Waals surface area contributed by atoms with E-state index in [-0.39, 0.29) is 0 Å². The summed E-state index contributed by atoms with van der Waals surface area (Å²) in [5, 5.41) is 8.13. The molecule has 2 N–H and O–H groups in total. The molecule has 0 aromatic rings. The van der Waals surface area contributed by atoms with Gasteiger partial charge in [-0.1, -0.05) is 6.42 Å². The summed E-state index contributed by atoms with van der Waals surface area (Å²) in [6, 6.07) is 2.49. The molecule has 0 bridgehead atoms. The topological polar surface area (TPSA) is 64.2 Å². The van der Waals surface area contributed by atoms with Gasteiger partial charge >= 0.3 is 8.56 Å². The van der Waals surface area contributed by atoms with E-state index in [0.29, 0.717) is 12.5 Å². The molecule has 0 fully saturated rings. The van der Waals surface area contributed by atoms with Crippen molar-refractivity contribution >= 4 is 8.56 Å². The highest BCUT2D eigenvalue weighted by Crippen LogP contribution is 2.07. The molecule has 58 valence electrons. The fourth-order valence-electron chi connectivity index (χ4n) is 0.664. The van der Waals surface area contributed by atoms with Crippen LogP contribution in [0.1, 0.15) is 19.3 Å². The number of hydrogen-bond donors (Lipinski definition) is 2. The number of nitriles is 1. The van der Waals surface area contributed by atoms with Gasteiger partial charge in [0.25, 0.3) is 0 Å². The highest BCUT2D eigenvalue weighted by Gasteiger charge is 2.19. The fourth-order valence-corrected chi connectivity index (χ4v) is 1.58. The van der Waals surface area contributed by atoms with Crippen LogP contribution in [-0.4, -0.2) is 18.2 Å². The van der Waals surface area contributed by atoms with Crippen molar-refractivity contribution in [2.24, 2.45) is 0 Å². The zero-order valence-electron chi connectivity index (χ0n) is 6.17. The highest BCUT2D eigenvalue weighted by atomic mass is 28.4. The van der Waals surface area contributed by atoms with Gasteiger partial charge in [-0.25, -0.2) is 0 Å². The first kappa shape index (κ1) is 9.63. The molecular formula is C6H13NO2Si. The Hall–Kier alpha value is -0.373. The Morgan fingerprint density at radius 3 is 2.40 bits per heavy atom. The molecule has 0 aromatic carbocycles. The molecule has 0 rings (SSSR count). The average molecular weight is 159 g/mol. The molecule has 10 heavy (non-hydrogen) atoms. The number of hydrogen-bond acceptors (Lipinski definition) is 3. The average Bonchev–Trinajstić information content (AvgIpc) is 1.78. The Balaban J connectivity index is 3.14. The zero-order chi connectivity index (χ0) is 8.04. The lowest BCUT2D eigenvalue weighted by Gasteiger charge is -2.09. The molecular weight excluding hydrogens is 146 g/mol. The van der Waals surface area contributed by atoms with Crippen LogP contribution < -0.4 is 0 Å². The second-order valence-electron chi connectivity index (χ2n) is 2.58. The molecule has 0 unspecified atom stereocenters. The first-order chi connectivity index (χ1) is 4.56. The van der Waals surface area contributed by atoms with E-state index < -0.39 is 8.56 Å². The van der Waals surface area contributed by atoms with Gasteiger partial charge in [0, 0.05) is 6.42 Å². The fraction of sp³-hybridized carbons (Fsp3) is 0.833. The molecule has 3 nitrogen and oxygen atoms in total. The quantitative estimate of drug-likeness (QED) is 0.469. The van der Waals surface area contributed by atoms with Crippen LogP contribution in [0.15, 0.2) is 0 Å². The van der Waals surface area contributed by atoms with E-state index in [2.05, 4.69) is 0 Å². The Morgan fingerprint density at radius 2 is 2.00 bits per heavy atom. The van der Waals surface area contributed by atoms with Gasteiger partial charge in [-0.3, -0.25) is 0 Å². The first-order valence-electron chi connectivity index (χ1n) is 3.38. The van der Waals surface area contributed by atoms with E-state index in [1.807, 2.05) is 6.07 Å². The summed E-state index contributed by atoms with van der Waals surface area (Å²) in [4.78, 5) is 17.9. The predicted octanol–water partition coefficient (Wildman–Crippen LogP) is 0.737. The molecule has 0 saturated carbocycles. The minimum atomic E-state index is -2.82. The van der Waals surface area contributed by atoms with Crippen LogP contribution in [0.25, 0.3) is 0 Å². The van der Waals surface area contributed by atoms with Crippen molar-refractivity contribution in [2.75, 3.05) is 0 Å². The largest absolute Gasteiger partial charge is 0.411 e. The lowest BCUT2D eigenvalue weighted by molar-refractivity contribution is 0.367. The Kier molecular flexibility index (Phi) is 4.28. The van der Waals surface area contributed by atoms with Gasteiger partial charge in [0.2, 0.25) is 0 Å². The maximum Gasteiger partial charge on any atom is 0.329 e. The number of rotatable bonds is 4. The Labute approximate surface area is 62.2 Å². The van der Waals surface area contributed by atoms with Gasteiger partial charge in [-0.15, -0.1) is 0 Å². The molecule has 0 heterocycles. The van der Waals surface area contributed by atoms with Gasteiger partial charge < -0.3 is 9.59 Å². The van der Waals surface area contributed by atoms with Gasteiger partial charge in [0.1, 0.15) is 0 Å². The van der Waals surface area contributed by atoms with Crippen LogP contribution in [0.3, 0.4) is 0 Å². The lowest BCUT2D eigenvalue weighted by atomic mass is 10.3. The van der Waals surface area contributed by atoms with Crippen LogP contribution in [0.5, 0.6) is 0 Å². The molecule has 0 aliphatic carbocycles. The number of nitrogens with zero attached hydrogens (tertiary/aromatic N) is 1. The van der Waals surface area contributed by atoms with Crippen molar-refractivity contribution in [3.05, 3.63) is 0 Å². The molecule has 0 amide bonds. The summed E-state index contributed by atoms with van der Waals surface area (Å²) in [5.41, 5.74) is 0.